The topological polar surface area (TPSA) is 12.0 Å². The first-order valence-corrected chi connectivity index (χ1v) is 8.21. The van der Waals surface area contributed by atoms with Gasteiger partial charge < -0.3 is 5.32 Å². The van der Waals surface area contributed by atoms with Crippen LogP contribution in [0.25, 0.3) is 0 Å². The van der Waals surface area contributed by atoms with Gasteiger partial charge in [-0.2, -0.15) is 0 Å². The van der Waals surface area contributed by atoms with Crippen LogP contribution in [0, 0.1) is 10.5 Å². The Morgan fingerprint density at radius 2 is 2.17 bits per heavy atom. The maximum atomic E-state index is 3.66. The summed E-state index contributed by atoms with van der Waals surface area (Å²) in [5.74, 6) is 0. The fourth-order valence-electron chi connectivity index (χ4n) is 2.02. The van der Waals surface area contributed by atoms with E-state index in [4.69, 9.17) is 0 Å². The highest BCUT2D eigenvalue weighted by Crippen LogP contribution is 2.30. The number of thiophene rings is 1. The Morgan fingerprint density at radius 3 is 2.78 bits per heavy atom. The molecule has 1 aromatic carbocycles. The molecule has 0 radical (unpaired) electrons. The average molecular weight is 371 g/mol. The van der Waals surface area contributed by atoms with Crippen LogP contribution in [0.1, 0.15) is 35.4 Å². The number of hydrogen-bond acceptors (Lipinski definition) is 2. The number of hydrogen-bond donors (Lipinski definition) is 1. The van der Waals surface area contributed by atoms with Gasteiger partial charge in [0.05, 0.1) is 6.04 Å². The van der Waals surface area contributed by atoms with Gasteiger partial charge in [-0.25, -0.2) is 0 Å². The second-order valence-electron chi connectivity index (χ2n) is 4.41. The van der Waals surface area contributed by atoms with Gasteiger partial charge in [0.15, 0.2) is 0 Å². The highest BCUT2D eigenvalue weighted by atomic mass is 127. The molecule has 0 saturated heterocycles. The second kappa shape index (κ2) is 6.68. The SMILES string of the molecule is CCCNC(c1cccc(I)c1)c1sccc1C. The molecule has 0 saturated carbocycles. The van der Waals surface area contributed by atoms with Crippen molar-refractivity contribution in [2.45, 2.75) is 26.3 Å². The molecule has 3 heteroatoms. The minimum absolute atomic E-state index is 0.333. The van der Waals surface area contributed by atoms with Gasteiger partial charge in [0.25, 0.3) is 0 Å². The molecule has 0 fully saturated rings. The van der Waals surface area contributed by atoms with Gasteiger partial charge in [0.1, 0.15) is 0 Å². The Hall–Kier alpha value is -0.390. The van der Waals surface area contributed by atoms with Crippen molar-refractivity contribution in [3.8, 4) is 0 Å². The Morgan fingerprint density at radius 1 is 1.33 bits per heavy atom. The molecule has 1 N–H and O–H groups in total. The van der Waals surface area contributed by atoms with Crippen LogP contribution >= 0.6 is 33.9 Å². The molecule has 18 heavy (non-hydrogen) atoms. The van der Waals surface area contributed by atoms with E-state index in [1.165, 1.54) is 19.6 Å². The largest absolute Gasteiger partial charge is 0.306 e. The summed E-state index contributed by atoms with van der Waals surface area (Å²) in [5, 5.41) is 5.84. The predicted molar refractivity (Wildman–Crippen MR) is 88.4 cm³/mol. The van der Waals surface area contributed by atoms with E-state index in [1.807, 2.05) is 11.3 Å². The third-order valence-electron chi connectivity index (χ3n) is 2.94. The number of rotatable bonds is 5. The highest BCUT2D eigenvalue weighted by molar-refractivity contribution is 14.1. The zero-order chi connectivity index (χ0) is 13.0. The molecule has 2 aromatic rings. The van der Waals surface area contributed by atoms with Crippen LogP contribution < -0.4 is 5.32 Å². The van der Waals surface area contributed by atoms with Crippen LogP contribution in [0.15, 0.2) is 35.7 Å². The quantitative estimate of drug-likeness (QED) is 0.748. The summed E-state index contributed by atoms with van der Waals surface area (Å²) < 4.78 is 1.29. The van der Waals surface area contributed by atoms with Gasteiger partial charge in [0.2, 0.25) is 0 Å². The van der Waals surface area contributed by atoms with Gasteiger partial charge in [0, 0.05) is 8.45 Å². The fraction of sp³-hybridized carbons (Fsp3) is 0.333. The van der Waals surface area contributed by atoms with Crippen LogP contribution in [0.4, 0.5) is 0 Å². The Bertz CT molecular complexity index is 507. The number of halogens is 1. The Balaban J connectivity index is 2.33. The molecule has 96 valence electrons. The molecule has 1 nitrogen and oxygen atoms in total. The van der Waals surface area contributed by atoms with E-state index in [9.17, 15) is 0 Å². The highest BCUT2D eigenvalue weighted by Gasteiger charge is 2.16. The van der Waals surface area contributed by atoms with Crippen LogP contribution in [0.3, 0.4) is 0 Å². The van der Waals surface area contributed by atoms with Crippen molar-refractivity contribution < 1.29 is 0 Å². The van der Waals surface area contributed by atoms with Crippen LogP contribution in [-0.2, 0) is 0 Å². The smallest absolute Gasteiger partial charge is 0.0674 e. The van der Waals surface area contributed by atoms with E-state index < -0.39 is 0 Å². The van der Waals surface area contributed by atoms with Crippen LogP contribution in [-0.4, -0.2) is 6.54 Å². The molecule has 2 rings (SSSR count). The van der Waals surface area contributed by atoms with Gasteiger partial charge in [-0.15, -0.1) is 11.3 Å². The average Bonchev–Trinajstić information content (AvgIpc) is 2.77. The standard InChI is InChI=1S/C15H18INS/c1-3-8-17-14(15-11(2)7-9-18-15)12-5-4-6-13(16)10-12/h4-7,9-10,14,17H,3,8H2,1-2H3. The molecular weight excluding hydrogens is 353 g/mol. The Kier molecular flexibility index (Phi) is 5.21. The third-order valence-corrected chi connectivity index (χ3v) is 4.70. The minimum atomic E-state index is 0.333. The maximum absolute atomic E-state index is 3.66. The molecule has 1 aromatic heterocycles. The molecule has 1 heterocycles. The molecule has 1 unspecified atom stereocenters. The first-order chi connectivity index (χ1) is 8.72. The molecular formula is C15H18INS. The fourth-order valence-corrected chi connectivity index (χ4v) is 3.61. The van der Waals surface area contributed by atoms with Gasteiger partial charge in [-0.05, 0) is 77.2 Å². The van der Waals surface area contributed by atoms with Crippen LogP contribution in [0.5, 0.6) is 0 Å². The van der Waals surface area contributed by atoms with Crippen LogP contribution in [0.2, 0.25) is 0 Å². The molecule has 0 aliphatic heterocycles. The maximum Gasteiger partial charge on any atom is 0.0674 e. The second-order valence-corrected chi connectivity index (χ2v) is 6.60. The number of nitrogens with one attached hydrogen (secondary N) is 1. The lowest BCUT2D eigenvalue weighted by atomic mass is 10.0. The first kappa shape index (κ1) is 14.0. The van der Waals surface area contributed by atoms with E-state index in [-0.39, 0.29) is 0 Å². The van der Waals surface area contributed by atoms with E-state index in [2.05, 4.69) is 77.5 Å². The van der Waals surface area contributed by atoms with Crippen molar-refractivity contribution in [1.82, 2.24) is 5.32 Å². The summed E-state index contributed by atoms with van der Waals surface area (Å²) in [6.45, 7) is 5.45. The van der Waals surface area contributed by atoms with E-state index >= 15 is 0 Å². The Labute approximate surface area is 127 Å². The monoisotopic (exact) mass is 371 g/mol. The summed E-state index contributed by atoms with van der Waals surface area (Å²) in [7, 11) is 0. The summed E-state index contributed by atoms with van der Waals surface area (Å²) in [6.07, 6.45) is 1.16. The molecule has 1 atom stereocenters. The third kappa shape index (κ3) is 3.33. The van der Waals surface area contributed by atoms with Crippen molar-refractivity contribution >= 4 is 33.9 Å². The zero-order valence-corrected chi connectivity index (χ0v) is 13.7. The first-order valence-electron chi connectivity index (χ1n) is 6.25. The summed E-state index contributed by atoms with van der Waals surface area (Å²) >= 11 is 4.22. The van der Waals surface area contributed by atoms with E-state index in [1.54, 1.807) is 0 Å². The predicted octanol–water partition coefficient (Wildman–Crippen LogP) is 4.75. The van der Waals surface area contributed by atoms with Crippen molar-refractivity contribution in [3.05, 3.63) is 55.3 Å². The lowest BCUT2D eigenvalue weighted by molar-refractivity contribution is 0.604. The van der Waals surface area contributed by atoms with E-state index in [0.29, 0.717) is 6.04 Å². The van der Waals surface area contributed by atoms with Crippen molar-refractivity contribution in [2.24, 2.45) is 0 Å². The molecule has 0 spiro atoms. The molecule has 0 amide bonds. The lowest BCUT2D eigenvalue weighted by Crippen LogP contribution is -2.23. The minimum Gasteiger partial charge on any atom is -0.306 e. The van der Waals surface area contributed by atoms with Crippen molar-refractivity contribution in [1.29, 1.82) is 0 Å². The molecule has 0 bridgehead atoms. The van der Waals surface area contributed by atoms with Crippen molar-refractivity contribution in [2.75, 3.05) is 6.54 Å². The van der Waals surface area contributed by atoms with E-state index in [0.717, 1.165) is 13.0 Å². The van der Waals surface area contributed by atoms with Crippen molar-refractivity contribution in [3.63, 3.8) is 0 Å². The lowest BCUT2D eigenvalue weighted by Gasteiger charge is -2.19. The number of aryl methyl sites for hydroxylation is 1. The summed E-state index contributed by atoms with van der Waals surface area (Å²) in [5.41, 5.74) is 2.74. The molecule has 0 aliphatic carbocycles. The molecule has 0 aliphatic rings. The summed E-state index contributed by atoms with van der Waals surface area (Å²) in [6, 6.07) is 11.3. The zero-order valence-electron chi connectivity index (χ0n) is 10.7. The normalized spacial score (nSPS) is 12.6. The summed E-state index contributed by atoms with van der Waals surface area (Å²) in [4.78, 5) is 1.44. The van der Waals surface area contributed by atoms with Gasteiger partial charge in [-0.1, -0.05) is 19.1 Å². The number of benzene rings is 1. The van der Waals surface area contributed by atoms with Gasteiger partial charge >= 0.3 is 0 Å². The van der Waals surface area contributed by atoms with Gasteiger partial charge in [-0.3, -0.25) is 0 Å².